The summed E-state index contributed by atoms with van der Waals surface area (Å²) < 4.78 is 14.0. The van der Waals surface area contributed by atoms with Gasteiger partial charge in [0.2, 0.25) is 0 Å². The Hall–Kier alpha value is -3.15. The Morgan fingerprint density at radius 2 is 0.984 bits per heavy atom. The van der Waals surface area contributed by atoms with Crippen molar-refractivity contribution in [2.24, 2.45) is 51.2 Å². The Labute approximate surface area is 383 Å². The number of hydrogen-bond acceptors (Lipinski definition) is 6. The van der Waals surface area contributed by atoms with Gasteiger partial charge in [-0.25, -0.2) is 0 Å². The number of hydrogen-bond donors (Lipinski definition) is 0. The van der Waals surface area contributed by atoms with Crippen LogP contribution in [0, 0.1) is 58.2 Å². The van der Waals surface area contributed by atoms with Crippen LogP contribution in [0.3, 0.4) is 0 Å². The predicted octanol–water partition coefficient (Wildman–Crippen LogP) is 15.2. The van der Waals surface area contributed by atoms with Gasteiger partial charge in [0.1, 0.15) is 0 Å². The van der Waals surface area contributed by atoms with Gasteiger partial charge in [0.25, 0.3) is 0 Å². The van der Waals surface area contributed by atoms with Crippen molar-refractivity contribution in [3.8, 4) is 0 Å². The second kappa shape index (κ2) is 27.9. The van der Waals surface area contributed by atoms with Crippen LogP contribution in [0.2, 0.25) is 0 Å². The molecular formula is C56H98O6. The van der Waals surface area contributed by atoms with Crippen LogP contribution in [0.1, 0.15) is 192 Å². The van der Waals surface area contributed by atoms with Crippen molar-refractivity contribution in [2.45, 2.75) is 195 Å². The number of aryl methyl sites for hydroxylation is 1. The van der Waals surface area contributed by atoms with Crippen LogP contribution in [-0.2, 0) is 46.9 Å². The largest absolute Gasteiger partial charge is 0.469 e. The predicted molar refractivity (Wildman–Crippen MR) is 265 cm³/mol. The highest BCUT2D eigenvalue weighted by atomic mass is 16.5. The number of benzene rings is 2. The number of methoxy groups -OCH3 is 3. The van der Waals surface area contributed by atoms with Crippen molar-refractivity contribution in [1.82, 2.24) is 0 Å². The molecule has 0 bridgehead atoms. The van der Waals surface area contributed by atoms with Gasteiger partial charge >= 0.3 is 17.9 Å². The lowest BCUT2D eigenvalue weighted by atomic mass is 9.72. The molecule has 62 heavy (non-hydrogen) atoms. The fourth-order valence-corrected chi connectivity index (χ4v) is 7.41. The molecule has 1 fully saturated rings. The Morgan fingerprint density at radius 1 is 0.565 bits per heavy atom. The van der Waals surface area contributed by atoms with E-state index in [1.54, 1.807) is 0 Å². The van der Waals surface area contributed by atoms with E-state index >= 15 is 0 Å². The molecule has 0 N–H and O–H groups in total. The van der Waals surface area contributed by atoms with Crippen molar-refractivity contribution < 1.29 is 28.6 Å². The van der Waals surface area contributed by atoms with Crippen molar-refractivity contribution in [2.75, 3.05) is 21.3 Å². The second-order valence-corrected chi connectivity index (χ2v) is 23.7. The Bertz CT molecular complexity index is 1510. The highest BCUT2D eigenvalue weighted by Gasteiger charge is 2.30. The molecule has 0 radical (unpaired) electrons. The van der Waals surface area contributed by atoms with Crippen LogP contribution in [0.15, 0.2) is 48.5 Å². The lowest BCUT2D eigenvalue weighted by Gasteiger charge is -2.33. The summed E-state index contributed by atoms with van der Waals surface area (Å²) >= 11 is 0. The van der Waals surface area contributed by atoms with Crippen LogP contribution in [0.5, 0.6) is 0 Å². The first-order valence-electron chi connectivity index (χ1n) is 23.5. The molecule has 2 aromatic rings. The van der Waals surface area contributed by atoms with Crippen LogP contribution < -0.4 is 0 Å². The standard InChI is InChI=1S/C15H22O2.C12H18.C10H20O2.C10H20.C9H18O2/c1-11(14(16)17-5)10-12-6-8-13(9-7-12)15(2,3)4;1-10-5-7-11(8-6-10)9-12(2,3)4;1-7(9(11)12-6)8(2)10(3,4)5;1-10(2,3)9-7-5-4-6-8-9;1-7(8(10)11-5)6-9(2,3)4/h6-9,11H,10H2,1-5H3;5-8H,9H2,1-4H3;7-8H,1-6H3;9H,4-8H2,1-3H3;7H,6H2,1-5H3/t11-;;7-,8+;;7-/m0.0.0/s1. The fourth-order valence-electron chi connectivity index (χ4n) is 7.41. The molecule has 4 atom stereocenters. The van der Waals surface area contributed by atoms with Crippen LogP contribution in [0.4, 0.5) is 0 Å². The quantitative estimate of drug-likeness (QED) is 0.194. The third kappa shape index (κ3) is 28.5. The van der Waals surface area contributed by atoms with E-state index in [4.69, 9.17) is 4.74 Å². The summed E-state index contributed by atoms with van der Waals surface area (Å²) in [5.41, 5.74) is 6.77. The van der Waals surface area contributed by atoms with Gasteiger partial charge in [0.05, 0.1) is 39.1 Å². The summed E-state index contributed by atoms with van der Waals surface area (Å²) in [6, 6.07) is 17.3. The molecule has 1 aliphatic rings. The molecule has 0 saturated heterocycles. The maximum atomic E-state index is 11.3. The van der Waals surface area contributed by atoms with E-state index < -0.39 is 0 Å². The van der Waals surface area contributed by atoms with Crippen LogP contribution >= 0.6 is 0 Å². The molecule has 358 valence electrons. The van der Waals surface area contributed by atoms with E-state index in [9.17, 15) is 14.4 Å². The first kappa shape index (κ1) is 60.9. The first-order valence-corrected chi connectivity index (χ1v) is 23.5. The zero-order valence-corrected chi connectivity index (χ0v) is 44.6. The molecule has 2 aromatic carbocycles. The maximum Gasteiger partial charge on any atom is 0.308 e. The van der Waals surface area contributed by atoms with Crippen LogP contribution in [0.25, 0.3) is 0 Å². The number of ether oxygens (including phenoxy) is 3. The van der Waals surface area contributed by atoms with Gasteiger partial charge < -0.3 is 14.2 Å². The zero-order valence-electron chi connectivity index (χ0n) is 44.6. The molecule has 6 heteroatoms. The maximum absolute atomic E-state index is 11.3. The number of rotatable bonds is 8. The summed E-state index contributed by atoms with van der Waals surface area (Å²) in [6.07, 6.45) is 10.1. The molecule has 0 amide bonds. The molecule has 3 rings (SSSR count). The lowest BCUT2D eigenvalue weighted by Crippen LogP contribution is -2.29. The van der Waals surface area contributed by atoms with Gasteiger partial charge in [-0.15, -0.1) is 0 Å². The molecular weight excluding hydrogens is 769 g/mol. The van der Waals surface area contributed by atoms with E-state index in [1.807, 2.05) is 20.8 Å². The summed E-state index contributed by atoms with van der Waals surface area (Å²) in [5.74, 6) is 0.879. The van der Waals surface area contributed by atoms with Crippen molar-refractivity contribution in [1.29, 1.82) is 0 Å². The minimum atomic E-state index is -0.148. The average molecular weight is 867 g/mol. The Morgan fingerprint density at radius 3 is 1.32 bits per heavy atom. The molecule has 6 nitrogen and oxygen atoms in total. The van der Waals surface area contributed by atoms with E-state index in [0.717, 1.165) is 25.2 Å². The normalized spacial score (nSPS) is 15.4. The number of carbonyl (C=O) groups excluding carboxylic acids is 3. The SMILES string of the molecule is CC(C)(C)C1CCCCC1.COC(=O)[C@@H](C)CC(C)(C)C.COC(=O)[C@@H](C)Cc1ccc(C(C)(C)C)cc1.COC(=O)[C@@H](C)[C@@H](C)C(C)(C)C.Cc1ccc(CC(C)(C)C)cc1. The van der Waals surface area contributed by atoms with Gasteiger partial charge in [-0.05, 0) is 94.6 Å². The van der Waals surface area contributed by atoms with Gasteiger partial charge in [0.15, 0.2) is 0 Å². The monoisotopic (exact) mass is 867 g/mol. The van der Waals surface area contributed by atoms with Gasteiger partial charge in [-0.3, -0.25) is 14.4 Å². The molecule has 0 aromatic heterocycles. The molecule has 0 aliphatic heterocycles. The van der Waals surface area contributed by atoms with Gasteiger partial charge in [0, 0.05) is 0 Å². The Kier molecular flexibility index (Phi) is 27.4. The highest BCUT2D eigenvalue weighted by Crippen LogP contribution is 2.37. The molecule has 0 spiro atoms. The number of esters is 3. The van der Waals surface area contributed by atoms with Crippen molar-refractivity contribution in [3.05, 3.63) is 70.8 Å². The van der Waals surface area contributed by atoms with E-state index in [-0.39, 0.29) is 51.9 Å². The average Bonchev–Trinajstić information content (AvgIpc) is 3.16. The third-order valence-electron chi connectivity index (χ3n) is 11.9. The molecule has 0 unspecified atom stereocenters. The Balaban J connectivity index is 0. The zero-order chi connectivity index (χ0) is 48.9. The van der Waals surface area contributed by atoms with E-state index in [1.165, 1.54) is 75.7 Å². The molecule has 1 aliphatic carbocycles. The molecule has 1 saturated carbocycles. The van der Waals surface area contributed by atoms with Gasteiger partial charge in [-0.1, -0.05) is 205 Å². The first-order chi connectivity index (χ1) is 28.1. The van der Waals surface area contributed by atoms with Crippen molar-refractivity contribution >= 4 is 17.9 Å². The highest BCUT2D eigenvalue weighted by molar-refractivity contribution is 5.72. The summed E-state index contributed by atoms with van der Waals surface area (Å²) in [5, 5.41) is 0. The van der Waals surface area contributed by atoms with Gasteiger partial charge in [-0.2, -0.15) is 0 Å². The van der Waals surface area contributed by atoms with Crippen molar-refractivity contribution in [3.63, 3.8) is 0 Å². The summed E-state index contributed by atoms with van der Waals surface area (Å²) in [4.78, 5) is 33.5. The van der Waals surface area contributed by atoms with Crippen LogP contribution in [-0.4, -0.2) is 39.2 Å². The van der Waals surface area contributed by atoms with E-state index in [2.05, 4.69) is 176 Å². The topological polar surface area (TPSA) is 78.9 Å². The minimum absolute atomic E-state index is 0.0139. The fraction of sp³-hybridized carbons (Fsp3) is 0.732. The smallest absolute Gasteiger partial charge is 0.308 e. The molecule has 0 heterocycles. The number of carbonyl (C=O) groups is 3. The van der Waals surface area contributed by atoms with E-state index in [0.29, 0.717) is 16.7 Å². The summed E-state index contributed by atoms with van der Waals surface area (Å²) in [6.45, 7) is 43.2. The second-order valence-electron chi connectivity index (χ2n) is 23.7. The lowest BCUT2D eigenvalue weighted by molar-refractivity contribution is -0.148. The summed E-state index contributed by atoms with van der Waals surface area (Å²) in [7, 11) is 4.30. The minimum Gasteiger partial charge on any atom is -0.469 e. The third-order valence-corrected chi connectivity index (χ3v) is 11.9.